The second-order valence-corrected chi connectivity index (χ2v) is 4.96. The summed E-state index contributed by atoms with van der Waals surface area (Å²) < 4.78 is 5.19. The number of benzene rings is 1. The molecule has 4 nitrogen and oxygen atoms in total. The van der Waals surface area contributed by atoms with E-state index in [1.165, 1.54) is 5.69 Å². The molecule has 0 unspecified atom stereocenters. The molecule has 0 radical (unpaired) electrons. The van der Waals surface area contributed by atoms with E-state index in [2.05, 4.69) is 41.1 Å². The van der Waals surface area contributed by atoms with Gasteiger partial charge in [-0.2, -0.15) is 0 Å². The van der Waals surface area contributed by atoms with Crippen LogP contribution in [0, 0.1) is 0 Å². The number of nitrogens with two attached hydrogens (primary N) is 1. The van der Waals surface area contributed by atoms with Crippen LogP contribution < -0.4 is 15.4 Å². The molecule has 2 N–H and O–H groups in total. The Balaban J connectivity index is 2.17. The summed E-state index contributed by atoms with van der Waals surface area (Å²) in [6, 6.07) is 14.3. The number of pyridine rings is 1. The van der Waals surface area contributed by atoms with Crippen LogP contribution in [0.4, 0.5) is 5.69 Å². The molecule has 0 atom stereocenters. The summed E-state index contributed by atoms with van der Waals surface area (Å²) in [5.74, 6) is 0.655. The Morgan fingerprint density at radius 3 is 2.52 bits per heavy atom. The first-order valence-electron chi connectivity index (χ1n) is 7.30. The molecule has 112 valence electrons. The van der Waals surface area contributed by atoms with Gasteiger partial charge in [-0.15, -0.1) is 0 Å². The summed E-state index contributed by atoms with van der Waals surface area (Å²) in [7, 11) is 1.64. The van der Waals surface area contributed by atoms with Crippen LogP contribution in [-0.4, -0.2) is 18.6 Å². The minimum Gasteiger partial charge on any atom is -0.481 e. The molecule has 1 aromatic heterocycles. The highest BCUT2D eigenvalue weighted by Gasteiger charge is 2.08. The van der Waals surface area contributed by atoms with E-state index in [1.807, 2.05) is 18.2 Å². The van der Waals surface area contributed by atoms with E-state index in [4.69, 9.17) is 10.5 Å². The molecule has 0 saturated carbocycles. The first-order valence-corrected chi connectivity index (χ1v) is 7.30. The summed E-state index contributed by atoms with van der Waals surface area (Å²) in [4.78, 5) is 6.81. The van der Waals surface area contributed by atoms with Gasteiger partial charge >= 0.3 is 0 Å². The topological polar surface area (TPSA) is 51.4 Å². The predicted octanol–water partition coefficient (Wildman–Crippen LogP) is 2.97. The smallest absolute Gasteiger partial charge is 0.213 e. The minimum atomic E-state index is 0.575. The molecule has 0 spiro atoms. The summed E-state index contributed by atoms with van der Waals surface area (Å²) in [5, 5.41) is 0. The van der Waals surface area contributed by atoms with Crippen molar-refractivity contribution in [3.05, 3.63) is 53.7 Å². The van der Waals surface area contributed by atoms with Crippen molar-refractivity contribution in [1.82, 2.24) is 4.98 Å². The van der Waals surface area contributed by atoms with E-state index in [1.54, 1.807) is 7.11 Å². The van der Waals surface area contributed by atoms with Gasteiger partial charge in [-0.05, 0) is 30.2 Å². The monoisotopic (exact) mass is 285 g/mol. The van der Waals surface area contributed by atoms with Crippen LogP contribution in [0.5, 0.6) is 5.88 Å². The van der Waals surface area contributed by atoms with Gasteiger partial charge in [0.15, 0.2) is 0 Å². The Labute approximate surface area is 126 Å². The lowest BCUT2D eigenvalue weighted by Gasteiger charge is -2.24. The standard InChI is InChI=1S/C17H23N3O/c1-3-11-20(16-9-7-14(12-18)8-10-16)13-15-5-4-6-17(19-15)21-2/h4-10H,3,11-13,18H2,1-2H3. The molecule has 0 aliphatic carbocycles. The zero-order chi connectivity index (χ0) is 15.1. The number of aromatic nitrogens is 1. The van der Waals surface area contributed by atoms with E-state index in [9.17, 15) is 0 Å². The Bertz CT molecular complexity index is 554. The quantitative estimate of drug-likeness (QED) is 0.849. The minimum absolute atomic E-state index is 0.575. The third kappa shape index (κ3) is 4.20. The third-order valence-electron chi connectivity index (χ3n) is 3.37. The van der Waals surface area contributed by atoms with Crippen molar-refractivity contribution in [2.24, 2.45) is 5.73 Å². The number of hydrogen-bond acceptors (Lipinski definition) is 4. The number of ether oxygens (including phenoxy) is 1. The van der Waals surface area contributed by atoms with E-state index in [0.717, 1.165) is 30.8 Å². The van der Waals surface area contributed by atoms with Crippen molar-refractivity contribution < 1.29 is 4.74 Å². The highest BCUT2D eigenvalue weighted by molar-refractivity contribution is 5.48. The van der Waals surface area contributed by atoms with E-state index in [0.29, 0.717) is 12.4 Å². The highest BCUT2D eigenvalue weighted by atomic mass is 16.5. The summed E-state index contributed by atoms with van der Waals surface area (Å²) in [5.41, 5.74) is 9.00. The fraction of sp³-hybridized carbons (Fsp3) is 0.353. The maximum absolute atomic E-state index is 5.65. The molecule has 0 aliphatic heterocycles. The number of methoxy groups -OCH3 is 1. The van der Waals surface area contributed by atoms with Gasteiger partial charge in [0.05, 0.1) is 19.3 Å². The molecule has 0 aliphatic rings. The first-order chi connectivity index (χ1) is 10.3. The first kappa shape index (κ1) is 15.3. The van der Waals surface area contributed by atoms with E-state index in [-0.39, 0.29) is 0 Å². The molecule has 2 aromatic rings. The second-order valence-electron chi connectivity index (χ2n) is 4.96. The van der Waals surface area contributed by atoms with Crippen LogP contribution in [0.25, 0.3) is 0 Å². The summed E-state index contributed by atoms with van der Waals surface area (Å²) >= 11 is 0. The van der Waals surface area contributed by atoms with Crippen LogP contribution >= 0.6 is 0 Å². The summed E-state index contributed by atoms with van der Waals surface area (Å²) in [6.45, 7) is 4.51. The van der Waals surface area contributed by atoms with Crippen LogP contribution in [0.1, 0.15) is 24.6 Å². The Morgan fingerprint density at radius 1 is 1.14 bits per heavy atom. The zero-order valence-corrected chi connectivity index (χ0v) is 12.7. The molecule has 0 amide bonds. The zero-order valence-electron chi connectivity index (χ0n) is 12.7. The Kier molecular flexibility index (Phi) is 5.58. The van der Waals surface area contributed by atoms with Crippen LogP contribution in [0.2, 0.25) is 0 Å². The fourth-order valence-corrected chi connectivity index (χ4v) is 2.27. The SMILES string of the molecule is CCCN(Cc1cccc(OC)n1)c1ccc(CN)cc1. The second kappa shape index (κ2) is 7.64. The molecule has 21 heavy (non-hydrogen) atoms. The van der Waals surface area contributed by atoms with E-state index >= 15 is 0 Å². The normalized spacial score (nSPS) is 10.4. The predicted molar refractivity (Wildman–Crippen MR) is 86.5 cm³/mol. The molecule has 0 bridgehead atoms. The Hall–Kier alpha value is -2.07. The van der Waals surface area contributed by atoms with Crippen molar-refractivity contribution in [1.29, 1.82) is 0 Å². The Morgan fingerprint density at radius 2 is 1.90 bits per heavy atom. The lowest BCUT2D eigenvalue weighted by Crippen LogP contribution is -2.24. The van der Waals surface area contributed by atoms with Gasteiger partial charge in [0.2, 0.25) is 5.88 Å². The molecule has 0 fully saturated rings. The molecule has 1 aromatic carbocycles. The van der Waals surface area contributed by atoms with Gasteiger partial charge in [-0.1, -0.05) is 25.1 Å². The van der Waals surface area contributed by atoms with Gasteiger partial charge < -0.3 is 15.4 Å². The maximum Gasteiger partial charge on any atom is 0.213 e. The maximum atomic E-state index is 5.65. The molecular formula is C17H23N3O. The number of nitrogens with zero attached hydrogens (tertiary/aromatic N) is 2. The van der Waals surface area contributed by atoms with Crippen molar-refractivity contribution in [2.45, 2.75) is 26.4 Å². The molecule has 1 heterocycles. The largest absolute Gasteiger partial charge is 0.481 e. The average molecular weight is 285 g/mol. The van der Waals surface area contributed by atoms with Gasteiger partial charge in [-0.25, -0.2) is 4.98 Å². The fourth-order valence-electron chi connectivity index (χ4n) is 2.27. The highest BCUT2D eigenvalue weighted by Crippen LogP contribution is 2.19. The van der Waals surface area contributed by atoms with Crippen molar-refractivity contribution in [3.8, 4) is 5.88 Å². The lowest BCUT2D eigenvalue weighted by molar-refractivity contribution is 0.396. The van der Waals surface area contributed by atoms with Crippen molar-refractivity contribution >= 4 is 5.69 Å². The number of rotatable bonds is 7. The van der Waals surface area contributed by atoms with Crippen LogP contribution in [0.3, 0.4) is 0 Å². The number of anilines is 1. The summed E-state index contributed by atoms with van der Waals surface area (Å²) in [6.07, 6.45) is 1.09. The van der Waals surface area contributed by atoms with Gasteiger partial charge in [0.25, 0.3) is 0 Å². The third-order valence-corrected chi connectivity index (χ3v) is 3.37. The molecule has 0 saturated heterocycles. The van der Waals surface area contributed by atoms with Crippen LogP contribution in [0.15, 0.2) is 42.5 Å². The molecule has 2 rings (SSSR count). The lowest BCUT2D eigenvalue weighted by atomic mass is 10.2. The van der Waals surface area contributed by atoms with Gasteiger partial charge in [0, 0.05) is 24.8 Å². The average Bonchev–Trinajstić information content (AvgIpc) is 2.55. The van der Waals surface area contributed by atoms with Crippen molar-refractivity contribution in [3.63, 3.8) is 0 Å². The number of hydrogen-bond donors (Lipinski definition) is 1. The van der Waals surface area contributed by atoms with Gasteiger partial charge in [0.1, 0.15) is 0 Å². The van der Waals surface area contributed by atoms with Crippen molar-refractivity contribution in [2.75, 3.05) is 18.6 Å². The van der Waals surface area contributed by atoms with Gasteiger partial charge in [-0.3, -0.25) is 0 Å². The van der Waals surface area contributed by atoms with Crippen LogP contribution in [-0.2, 0) is 13.1 Å². The molecular weight excluding hydrogens is 262 g/mol. The van der Waals surface area contributed by atoms with E-state index < -0.39 is 0 Å². The molecule has 4 heteroatoms.